The Kier molecular flexibility index (Phi) is 3.87. The second kappa shape index (κ2) is 5.40. The van der Waals surface area contributed by atoms with Crippen LogP contribution in [0.2, 0.25) is 0 Å². The summed E-state index contributed by atoms with van der Waals surface area (Å²) in [5.41, 5.74) is 0.602. The molecule has 2 rings (SSSR count). The normalized spacial score (nSPS) is 22.8. The van der Waals surface area contributed by atoms with Crippen molar-refractivity contribution in [3.63, 3.8) is 0 Å². The molecule has 0 radical (unpaired) electrons. The summed E-state index contributed by atoms with van der Waals surface area (Å²) in [6.45, 7) is 3.85. The molecule has 0 aliphatic carbocycles. The van der Waals surface area contributed by atoms with Crippen LogP contribution in [0.3, 0.4) is 0 Å². The molecule has 0 amide bonds. The molecule has 1 atom stereocenters. The molecule has 18 heavy (non-hydrogen) atoms. The fraction of sp³-hybridized carbons (Fsp3) is 0.500. The summed E-state index contributed by atoms with van der Waals surface area (Å²) in [5, 5.41) is 3.19. The molecule has 1 fully saturated rings. The molecule has 98 valence electrons. The summed E-state index contributed by atoms with van der Waals surface area (Å²) < 4.78 is 10.4. The molecule has 0 aromatic heterocycles. The Balaban J connectivity index is 1.88. The first-order chi connectivity index (χ1) is 8.64. The highest BCUT2D eigenvalue weighted by Gasteiger charge is 2.37. The lowest BCUT2D eigenvalue weighted by Crippen LogP contribution is -2.31. The monoisotopic (exact) mass is 249 g/mol. The Bertz CT molecular complexity index is 408. The lowest BCUT2D eigenvalue weighted by Gasteiger charge is -2.20. The summed E-state index contributed by atoms with van der Waals surface area (Å²) in [6.07, 6.45) is 0.842. The fourth-order valence-corrected chi connectivity index (χ4v) is 2.04. The third-order valence-electron chi connectivity index (χ3n) is 3.39. The van der Waals surface area contributed by atoms with Crippen molar-refractivity contribution in [2.75, 3.05) is 20.2 Å². The second-order valence-electron chi connectivity index (χ2n) is 4.91. The maximum atomic E-state index is 12.0. The number of benzene rings is 1. The fourth-order valence-electron chi connectivity index (χ4n) is 2.04. The van der Waals surface area contributed by atoms with Crippen molar-refractivity contribution in [2.45, 2.75) is 20.0 Å². The van der Waals surface area contributed by atoms with E-state index in [9.17, 15) is 4.79 Å². The van der Waals surface area contributed by atoms with Gasteiger partial charge in [-0.1, -0.05) is 12.1 Å². The van der Waals surface area contributed by atoms with Gasteiger partial charge in [-0.15, -0.1) is 0 Å². The molecule has 0 bridgehead atoms. The number of hydrogen-bond donors (Lipinski definition) is 1. The van der Waals surface area contributed by atoms with Crippen molar-refractivity contribution in [1.82, 2.24) is 5.32 Å². The van der Waals surface area contributed by atoms with Gasteiger partial charge in [-0.25, -0.2) is 0 Å². The third kappa shape index (κ3) is 2.82. The highest BCUT2D eigenvalue weighted by atomic mass is 16.5. The van der Waals surface area contributed by atoms with Gasteiger partial charge < -0.3 is 14.8 Å². The number of rotatable bonds is 4. The Morgan fingerprint density at radius 1 is 1.39 bits per heavy atom. The minimum Gasteiger partial charge on any atom is -0.497 e. The van der Waals surface area contributed by atoms with Crippen LogP contribution >= 0.6 is 0 Å². The van der Waals surface area contributed by atoms with Gasteiger partial charge >= 0.3 is 5.97 Å². The van der Waals surface area contributed by atoms with E-state index >= 15 is 0 Å². The topological polar surface area (TPSA) is 47.6 Å². The quantitative estimate of drug-likeness (QED) is 0.826. The minimum atomic E-state index is -0.369. The molecule has 1 heterocycles. The number of ether oxygens (including phenoxy) is 2. The van der Waals surface area contributed by atoms with Gasteiger partial charge in [0.15, 0.2) is 0 Å². The zero-order chi connectivity index (χ0) is 13.0. The van der Waals surface area contributed by atoms with E-state index in [1.807, 2.05) is 31.2 Å². The zero-order valence-corrected chi connectivity index (χ0v) is 10.9. The molecular weight excluding hydrogens is 230 g/mol. The molecule has 1 aromatic rings. The predicted molar refractivity (Wildman–Crippen MR) is 68.4 cm³/mol. The number of nitrogens with one attached hydrogen (secondary N) is 1. The van der Waals surface area contributed by atoms with Crippen LogP contribution in [0.5, 0.6) is 5.75 Å². The molecule has 1 aromatic carbocycles. The van der Waals surface area contributed by atoms with Gasteiger partial charge in [0.05, 0.1) is 12.5 Å². The van der Waals surface area contributed by atoms with Crippen molar-refractivity contribution in [3.05, 3.63) is 29.8 Å². The smallest absolute Gasteiger partial charge is 0.313 e. The van der Waals surface area contributed by atoms with Gasteiger partial charge in [0.1, 0.15) is 12.4 Å². The van der Waals surface area contributed by atoms with Crippen LogP contribution in [0.15, 0.2) is 24.3 Å². The van der Waals surface area contributed by atoms with Gasteiger partial charge in [0.25, 0.3) is 0 Å². The largest absolute Gasteiger partial charge is 0.497 e. The lowest BCUT2D eigenvalue weighted by molar-refractivity contribution is -0.155. The van der Waals surface area contributed by atoms with E-state index in [-0.39, 0.29) is 11.4 Å². The van der Waals surface area contributed by atoms with Gasteiger partial charge in [0, 0.05) is 6.54 Å². The number of hydrogen-bond acceptors (Lipinski definition) is 4. The summed E-state index contributed by atoms with van der Waals surface area (Å²) in [4.78, 5) is 12.0. The summed E-state index contributed by atoms with van der Waals surface area (Å²) >= 11 is 0. The van der Waals surface area contributed by atoms with Crippen molar-refractivity contribution < 1.29 is 14.3 Å². The minimum absolute atomic E-state index is 0.122. The van der Waals surface area contributed by atoms with Crippen molar-refractivity contribution in [3.8, 4) is 5.75 Å². The Hall–Kier alpha value is -1.55. The number of methoxy groups -OCH3 is 1. The molecule has 4 nitrogen and oxygen atoms in total. The van der Waals surface area contributed by atoms with E-state index in [4.69, 9.17) is 9.47 Å². The van der Waals surface area contributed by atoms with Crippen molar-refractivity contribution >= 4 is 5.97 Å². The maximum absolute atomic E-state index is 12.0. The van der Waals surface area contributed by atoms with E-state index < -0.39 is 0 Å². The van der Waals surface area contributed by atoms with Crippen LogP contribution in [0, 0.1) is 5.41 Å². The SMILES string of the molecule is COc1ccc(COC(=O)C2(C)CCNC2)cc1. The van der Waals surface area contributed by atoms with Crippen molar-refractivity contribution in [1.29, 1.82) is 0 Å². The number of esters is 1. The van der Waals surface area contributed by atoms with Gasteiger partial charge in [-0.3, -0.25) is 4.79 Å². The van der Waals surface area contributed by atoms with E-state index in [1.165, 1.54) is 0 Å². The molecule has 1 unspecified atom stereocenters. The van der Waals surface area contributed by atoms with E-state index in [0.29, 0.717) is 13.2 Å². The molecule has 0 spiro atoms. The molecule has 1 N–H and O–H groups in total. The van der Waals surface area contributed by atoms with E-state index in [2.05, 4.69) is 5.32 Å². The third-order valence-corrected chi connectivity index (χ3v) is 3.39. The van der Waals surface area contributed by atoms with Gasteiger partial charge in [-0.2, -0.15) is 0 Å². The Morgan fingerprint density at radius 3 is 2.67 bits per heavy atom. The van der Waals surface area contributed by atoms with Crippen LogP contribution in [-0.2, 0) is 16.1 Å². The average Bonchev–Trinajstić information content (AvgIpc) is 2.85. The van der Waals surface area contributed by atoms with Gasteiger partial charge in [-0.05, 0) is 37.6 Å². The maximum Gasteiger partial charge on any atom is 0.313 e. The first-order valence-corrected chi connectivity index (χ1v) is 6.15. The summed E-state index contributed by atoms with van der Waals surface area (Å²) in [5.74, 6) is 0.681. The predicted octanol–water partition coefficient (Wildman–Crippen LogP) is 1.74. The lowest BCUT2D eigenvalue weighted by atomic mass is 9.90. The number of carbonyl (C=O) groups excluding carboxylic acids is 1. The van der Waals surface area contributed by atoms with Gasteiger partial charge in [0.2, 0.25) is 0 Å². The molecule has 1 saturated heterocycles. The molecule has 1 aliphatic rings. The van der Waals surface area contributed by atoms with E-state index in [1.54, 1.807) is 7.11 Å². The van der Waals surface area contributed by atoms with E-state index in [0.717, 1.165) is 24.3 Å². The zero-order valence-electron chi connectivity index (χ0n) is 10.9. The number of carbonyl (C=O) groups is 1. The Labute approximate surface area is 107 Å². The van der Waals surface area contributed by atoms with Crippen LogP contribution in [0.1, 0.15) is 18.9 Å². The van der Waals surface area contributed by atoms with Crippen molar-refractivity contribution in [2.24, 2.45) is 5.41 Å². The second-order valence-corrected chi connectivity index (χ2v) is 4.91. The summed E-state index contributed by atoms with van der Waals surface area (Å²) in [6, 6.07) is 7.53. The van der Waals surface area contributed by atoms with Crippen LogP contribution in [0.4, 0.5) is 0 Å². The standard InChI is InChI=1S/C14H19NO3/c1-14(7-8-15-10-14)13(16)18-9-11-3-5-12(17-2)6-4-11/h3-6,15H,7-10H2,1-2H3. The van der Waals surface area contributed by atoms with Crippen LogP contribution < -0.4 is 10.1 Å². The molecule has 1 aliphatic heterocycles. The molecular formula is C14H19NO3. The Morgan fingerprint density at radius 2 is 2.11 bits per heavy atom. The first-order valence-electron chi connectivity index (χ1n) is 6.15. The first kappa shape index (κ1) is 12.9. The summed E-state index contributed by atoms with van der Waals surface area (Å²) in [7, 11) is 1.63. The van der Waals surface area contributed by atoms with Crippen LogP contribution in [-0.4, -0.2) is 26.2 Å². The molecule has 4 heteroatoms. The molecule has 0 saturated carbocycles. The highest BCUT2D eigenvalue weighted by molar-refractivity contribution is 5.77. The average molecular weight is 249 g/mol. The highest BCUT2D eigenvalue weighted by Crippen LogP contribution is 2.26. The van der Waals surface area contributed by atoms with Crippen LogP contribution in [0.25, 0.3) is 0 Å².